The Morgan fingerprint density at radius 1 is 1.24 bits per heavy atom. The van der Waals surface area contributed by atoms with E-state index in [1.54, 1.807) is 7.11 Å². The molecular weight excluding hydrogens is 484 g/mol. The number of benzene rings is 1. The molecule has 2 fully saturated rings. The number of fused-ring (bicyclic) bond motifs is 1. The number of aliphatic imine (C=N–C) groups is 1. The molecule has 1 unspecified atom stereocenters. The van der Waals surface area contributed by atoms with E-state index >= 15 is 0 Å². The van der Waals surface area contributed by atoms with Crippen molar-refractivity contribution in [1.29, 1.82) is 0 Å². The average molecular weight is 515 g/mol. The number of piperidine rings is 1. The fourth-order valence-electron chi connectivity index (χ4n) is 4.51. The first kappa shape index (κ1) is 21.1. The Balaban J connectivity index is 1.66. The highest BCUT2D eigenvalue weighted by molar-refractivity contribution is 14.1. The van der Waals surface area contributed by atoms with E-state index in [0.29, 0.717) is 13.1 Å². The zero-order valence-electron chi connectivity index (χ0n) is 17.3. The molecule has 1 N–H and O–H groups in total. The molecule has 1 aromatic carbocycles. The van der Waals surface area contributed by atoms with E-state index < -0.39 is 6.30 Å². The van der Waals surface area contributed by atoms with Gasteiger partial charge in [-0.25, -0.2) is 4.39 Å². The van der Waals surface area contributed by atoms with Crippen molar-refractivity contribution >= 4 is 34.1 Å². The molecule has 4 rings (SSSR count). The maximum absolute atomic E-state index is 14.6. The van der Waals surface area contributed by atoms with Crippen molar-refractivity contribution in [3.8, 4) is 5.75 Å². The molecule has 8 heteroatoms. The van der Waals surface area contributed by atoms with Gasteiger partial charge in [-0.2, -0.15) is 5.01 Å². The van der Waals surface area contributed by atoms with Gasteiger partial charge in [0.2, 0.25) is 0 Å². The number of hydrogen-bond acceptors (Lipinski definition) is 5. The van der Waals surface area contributed by atoms with Gasteiger partial charge in [0.15, 0.2) is 6.30 Å². The summed E-state index contributed by atoms with van der Waals surface area (Å²) in [4.78, 5) is 7.73. The number of halogens is 2. The van der Waals surface area contributed by atoms with Crippen molar-refractivity contribution in [3.63, 3.8) is 0 Å². The number of amidine groups is 1. The van der Waals surface area contributed by atoms with Gasteiger partial charge in [-0.15, -0.1) is 0 Å². The van der Waals surface area contributed by atoms with E-state index in [2.05, 4.69) is 45.8 Å². The number of anilines is 1. The predicted molar refractivity (Wildman–Crippen MR) is 123 cm³/mol. The van der Waals surface area contributed by atoms with Crippen LogP contribution in [0.25, 0.3) is 0 Å². The second kappa shape index (κ2) is 9.34. The van der Waals surface area contributed by atoms with Crippen molar-refractivity contribution < 1.29 is 9.13 Å². The number of nitrogens with one attached hydrogen (secondary N) is 1. The highest BCUT2D eigenvalue weighted by Gasteiger charge is 2.35. The number of rotatable bonds is 5. The lowest BCUT2D eigenvalue weighted by Crippen LogP contribution is -2.53. The summed E-state index contributed by atoms with van der Waals surface area (Å²) in [5, 5.41) is 7.32. The first-order valence-corrected chi connectivity index (χ1v) is 11.8. The average Bonchev–Trinajstić information content (AvgIpc) is 3.15. The number of alkyl halides is 1. The van der Waals surface area contributed by atoms with Crippen LogP contribution < -0.4 is 10.1 Å². The summed E-state index contributed by atoms with van der Waals surface area (Å²) in [6.45, 7) is 6.85. The molecule has 3 aliphatic rings. The fourth-order valence-corrected chi connectivity index (χ4v) is 5.20. The summed E-state index contributed by atoms with van der Waals surface area (Å²) in [6, 6.07) is 4.42. The molecule has 0 bridgehead atoms. The molecule has 160 valence electrons. The molecule has 3 aliphatic heterocycles. The summed E-state index contributed by atoms with van der Waals surface area (Å²) in [7, 11) is 1.69. The topological polar surface area (TPSA) is 43.3 Å². The lowest BCUT2D eigenvalue weighted by Gasteiger charge is -2.40. The number of methoxy groups -OCH3 is 1. The summed E-state index contributed by atoms with van der Waals surface area (Å²) < 4.78 is 21.2. The molecule has 0 aromatic heterocycles. The van der Waals surface area contributed by atoms with Gasteiger partial charge < -0.3 is 15.0 Å². The smallest absolute Gasteiger partial charge is 0.170 e. The van der Waals surface area contributed by atoms with Crippen molar-refractivity contribution in [2.24, 2.45) is 4.99 Å². The van der Waals surface area contributed by atoms with Gasteiger partial charge in [0.05, 0.1) is 16.7 Å². The van der Waals surface area contributed by atoms with Crippen LogP contribution in [0.15, 0.2) is 17.1 Å². The van der Waals surface area contributed by atoms with Crippen LogP contribution in [0.2, 0.25) is 0 Å². The highest BCUT2D eigenvalue weighted by Crippen LogP contribution is 2.34. The third-order valence-corrected chi connectivity index (χ3v) is 6.90. The minimum absolute atomic E-state index is 0.275. The number of hydrogen-bond donors (Lipinski definition) is 1. The van der Waals surface area contributed by atoms with Crippen molar-refractivity contribution in [3.05, 3.63) is 21.3 Å². The lowest BCUT2D eigenvalue weighted by atomic mass is 10.0. The van der Waals surface area contributed by atoms with Crippen molar-refractivity contribution in [2.75, 3.05) is 45.3 Å². The van der Waals surface area contributed by atoms with Crippen LogP contribution in [0, 0.1) is 3.57 Å². The molecular formula is C21H31FIN5O. The minimum atomic E-state index is -0.944. The zero-order valence-corrected chi connectivity index (χ0v) is 19.5. The number of likely N-dealkylation sites (tertiary alicyclic amines) is 1. The molecule has 3 heterocycles. The molecule has 0 radical (unpaired) electrons. The van der Waals surface area contributed by atoms with Crippen molar-refractivity contribution in [1.82, 2.24) is 14.9 Å². The third kappa shape index (κ3) is 4.49. The Morgan fingerprint density at radius 3 is 2.69 bits per heavy atom. The Morgan fingerprint density at radius 2 is 2.03 bits per heavy atom. The molecule has 0 aliphatic carbocycles. The lowest BCUT2D eigenvalue weighted by molar-refractivity contribution is -0.0230. The fraction of sp³-hybridized carbons (Fsp3) is 0.667. The SMILES string of the molecule is CCCN1CCC(N=C2c3cc(OC)c(I)cc3NCN2N2CCCC2F)CC1. The van der Waals surface area contributed by atoms with E-state index in [1.807, 2.05) is 16.1 Å². The molecule has 1 atom stereocenters. The van der Waals surface area contributed by atoms with Crippen LogP contribution in [0.5, 0.6) is 5.75 Å². The summed E-state index contributed by atoms with van der Waals surface area (Å²) in [5.74, 6) is 1.71. The highest BCUT2D eigenvalue weighted by atomic mass is 127. The van der Waals surface area contributed by atoms with E-state index in [1.165, 1.54) is 6.42 Å². The van der Waals surface area contributed by atoms with Gasteiger partial charge >= 0.3 is 0 Å². The Kier molecular flexibility index (Phi) is 6.80. The molecule has 1 aromatic rings. The van der Waals surface area contributed by atoms with E-state index in [-0.39, 0.29) is 6.04 Å². The molecule has 29 heavy (non-hydrogen) atoms. The van der Waals surface area contributed by atoms with Gasteiger partial charge in [-0.3, -0.25) is 10.0 Å². The summed E-state index contributed by atoms with van der Waals surface area (Å²) >= 11 is 2.29. The van der Waals surface area contributed by atoms with Crippen LogP contribution in [0.3, 0.4) is 0 Å². The van der Waals surface area contributed by atoms with Crippen molar-refractivity contribution in [2.45, 2.75) is 51.4 Å². The summed E-state index contributed by atoms with van der Waals surface area (Å²) in [5.41, 5.74) is 2.05. The Hall–Kier alpha value is -1.13. The summed E-state index contributed by atoms with van der Waals surface area (Å²) in [6.07, 6.45) is 3.82. The molecule has 0 amide bonds. The number of hydrazine groups is 1. The zero-order chi connectivity index (χ0) is 20.4. The molecule has 6 nitrogen and oxygen atoms in total. The molecule has 0 spiro atoms. The largest absolute Gasteiger partial charge is 0.496 e. The number of ether oxygens (including phenoxy) is 1. The quantitative estimate of drug-likeness (QED) is 0.476. The molecule has 0 saturated carbocycles. The second-order valence-electron chi connectivity index (χ2n) is 8.03. The first-order chi connectivity index (χ1) is 14.1. The van der Waals surface area contributed by atoms with Gasteiger partial charge in [0.25, 0.3) is 0 Å². The van der Waals surface area contributed by atoms with Gasteiger partial charge in [-0.05, 0) is 73.4 Å². The third-order valence-electron chi connectivity index (χ3n) is 6.06. The van der Waals surface area contributed by atoms with E-state index in [4.69, 9.17) is 9.73 Å². The second-order valence-corrected chi connectivity index (χ2v) is 9.19. The van der Waals surface area contributed by atoms with Gasteiger partial charge in [0.1, 0.15) is 18.3 Å². The van der Waals surface area contributed by atoms with Crippen LogP contribution in [0.4, 0.5) is 10.1 Å². The van der Waals surface area contributed by atoms with Gasteiger partial charge in [-0.1, -0.05) is 6.92 Å². The van der Waals surface area contributed by atoms with Crippen LogP contribution >= 0.6 is 22.6 Å². The maximum Gasteiger partial charge on any atom is 0.170 e. The normalized spacial score (nSPS) is 25.3. The van der Waals surface area contributed by atoms with Crippen LogP contribution in [0.1, 0.15) is 44.6 Å². The maximum atomic E-state index is 14.6. The predicted octanol–water partition coefficient (Wildman–Crippen LogP) is 3.91. The number of nitrogens with zero attached hydrogens (tertiary/aromatic N) is 4. The van der Waals surface area contributed by atoms with Crippen LogP contribution in [-0.2, 0) is 0 Å². The van der Waals surface area contributed by atoms with E-state index in [0.717, 1.165) is 71.8 Å². The standard InChI is InChI=1S/C21H31FIN5O/c1-3-8-26-10-6-15(7-11-26)25-21-16-12-19(29-2)17(23)13-18(16)24-14-28(21)27-9-4-5-20(27)22/h12-13,15,20,24H,3-11,14H2,1-2H3. The molecule has 2 saturated heterocycles. The van der Waals surface area contributed by atoms with Crippen LogP contribution in [-0.4, -0.2) is 73.0 Å². The van der Waals surface area contributed by atoms with E-state index in [9.17, 15) is 4.39 Å². The Bertz CT molecular complexity index is 753. The Labute approximate surface area is 186 Å². The monoisotopic (exact) mass is 515 g/mol. The minimum Gasteiger partial charge on any atom is -0.496 e. The van der Waals surface area contributed by atoms with Gasteiger partial charge in [0, 0.05) is 30.9 Å². The first-order valence-electron chi connectivity index (χ1n) is 10.7.